The summed E-state index contributed by atoms with van der Waals surface area (Å²) in [6.45, 7) is 0. The van der Waals surface area contributed by atoms with Crippen LogP contribution in [0.1, 0.15) is 0 Å². The maximum Gasteiger partial charge on any atom is 0.206 e. The van der Waals surface area contributed by atoms with Crippen LogP contribution in [0.4, 0.5) is 5.95 Å². The van der Waals surface area contributed by atoms with Gasteiger partial charge in [0.25, 0.3) is 0 Å². The molecule has 2 N–H and O–H groups in total. The Labute approximate surface area is 118 Å². The van der Waals surface area contributed by atoms with Crippen LogP contribution >= 0.6 is 15.9 Å². The maximum atomic E-state index is 6.04. The molecular formula is C14H12BrN3O. The standard InChI is InChI=1S/C14H12BrN3O/c1-19-13-5-3-2-4-12(13)18-11-7-6-9(15)8-10(11)17-14(18)16/h2-8H,1H3,(H2,16,17). The van der Waals surface area contributed by atoms with E-state index in [1.54, 1.807) is 7.11 Å². The van der Waals surface area contributed by atoms with Gasteiger partial charge in [-0.2, -0.15) is 0 Å². The van der Waals surface area contributed by atoms with Gasteiger partial charge >= 0.3 is 0 Å². The molecule has 19 heavy (non-hydrogen) atoms. The molecule has 0 aliphatic carbocycles. The van der Waals surface area contributed by atoms with Crippen LogP contribution in [0.25, 0.3) is 16.7 Å². The first-order valence-corrected chi connectivity index (χ1v) is 6.57. The fraction of sp³-hybridized carbons (Fsp3) is 0.0714. The van der Waals surface area contributed by atoms with E-state index in [0.29, 0.717) is 5.95 Å². The van der Waals surface area contributed by atoms with E-state index in [4.69, 9.17) is 10.5 Å². The molecule has 0 bridgehead atoms. The quantitative estimate of drug-likeness (QED) is 0.788. The van der Waals surface area contributed by atoms with Gasteiger partial charge in [0, 0.05) is 4.47 Å². The predicted octanol–water partition coefficient (Wildman–Crippen LogP) is 3.38. The molecule has 0 fully saturated rings. The molecule has 96 valence electrons. The highest BCUT2D eigenvalue weighted by atomic mass is 79.9. The van der Waals surface area contributed by atoms with E-state index in [1.807, 2.05) is 47.0 Å². The van der Waals surface area contributed by atoms with E-state index < -0.39 is 0 Å². The summed E-state index contributed by atoms with van der Waals surface area (Å²) in [5, 5.41) is 0. The SMILES string of the molecule is COc1ccccc1-n1c(N)nc2cc(Br)ccc21. The van der Waals surface area contributed by atoms with Crippen LogP contribution in [0.2, 0.25) is 0 Å². The Morgan fingerprint density at radius 1 is 1.21 bits per heavy atom. The number of ether oxygens (including phenoxy) is 1. The van der Waals surface area contributed by atoms with Crippen molar-refractivity contribution in [2.45, 2.75) is 0 Å². The summed E-state index contributed by atoms with van der Waals surface area (Å²) >= 11 is 3.44. The van der Waals surface area contributed by atoms with Gasteiger partial charge in [-0.15, -0.1) is 0 Å². The molecule has 0 radical (unpaired) electrons. The number of methoxy groups -OCH3 is 1. The Balaban J connectivity index is 2.33. The second kappa shape index (κ2) is 4.59. The fourth-order valence-electron chi connectivity index (χ4n) is 2.14. The monoisotopic (exact) mass is 317 g/mol. The van der Waals surface area contributed by atoms with Gasteiger partial charge in [0.05, 0.1) is 23.8 Å². The van der Waals surface area contributed by atoms with Crippen molar-refractivity contribution in [2.24, 2.45) is 0 Å². The molecule has 1 aromatic heterocycles. The van der Waals surface area contributed by atoms with Crippen LogP contribution < -0.4 is 10.5 Å². The summed E-state index contributed by atoms with van der Waals surface area (Å²) in [6, 6.07) is 13.6. The lowest BCUT2D eigenvalue weighted by atomic mass is 10.2. The van der Waals surface area contributed by atoms with E-state index in [2.05, 4.69) is 20.9 Å². The molecule has 0 spiro atoms. The van der Waals surface area contributed by atoms with Crippen LogP contribution in [-0.4, -0.2) is 16.7 Å². The molecule has 5 heteroatoms. The Bertz CT molecular complexity index is 752. The third kappa shape index (κ3) is 1.96. The lowest BCUT2D eigenvalue weighted by Gasteiger charge is -2.11. The number of nitrogen functional groups attached to an aromatic ring is 1. The number of benzene rings is 2. The number of nitrogens with two attached hydrogens (primary N) is 1. The summed E-state index contributed by atoms with van der Waals surface area (Å²) in [7, 11) is 1.64. The average Bonchev–Trinajstić information content (AvgIpc) is 2.73. The molecule has 0 saturated carbocycles. The van der Waals surface area contributed by atoms with Crippen molar-refractivity contribution in [3.63, 3.8) is 0 Å². The van der Waals surface area contributed by atoms with Crippen LogP contribution in [0.3, 0.4) is 0 Å². The predicted molar refractivity (Wildman–Crippen MR) is 79.7 cm³/mol. The van der Waals surface area contributed by atoms with Crippen molar-refractivity contribution in [3.8, 4) is 11.4 Å². The van der Waals surface area contributed by atoms with Crippen molar-refractivity contribution in [2.75, 3.05) is 12.8 Å². The molecule has 3 rings (SSSR count). The van der Waals surface area contributed by atoms with Gasteiger partial charge in [0.1, 0.15) is 5.75 Å². The van der Waals surface area contributed by atoms with Crippen molar-refractivity contribution in [1.29, 1.82) is 0 Å². The minimum absolute atomic E-state index is 0.442. The largest absolute Gasteiger partial charge is 0.495 e. The van der Waals surface area contributed by atoms with Crippen LogP contribution in [0.15, 0.2) is 46.9 Å². The first-order chi connectivity index (χ1) is 9.20. The van der Waals surface area contributed by atoms with Crippen molar-refractivity contribution in [3.05, 3.63) is 46.9 Å². The third-order valence-electron chi connectivity index (χ3n) is 2.97. The Hall–Kier alpha value is -2.01. The van der Waals surface area contributed by atoms with Gasteiger partial charge in [-0.25, -0.2) is 4.98 Å². The molecule has 2 aromatic carbocycles. The fourth-order valence-corrected chi connectivity index (χ4v) is 2.49. The number of hydrogen-bond acceptors (Lipinski definition) is 3. The van der Waals surface area contributed by atoms with Gasteiger partial charge in [-0.3, -0.25) is 4.57 Å². The maximum absolute atomic E-state index is 6.04. The molecule has 0 atom stereocenters. The molecule has 0 unspecified atom stereocenters. The van der Waals surface area contributed by atoms with Gasteiger partial charge in [-0.05, 0) is 30.3 Å². The summed E-state index contributed by atoms with van der Waals surface area (Å²) in [5.41, 5.74) is 8.72. The molecule has 4 nitrogen and oxygen atoms in total. The first kappa shape index (κ1) is 12.0. The van der Waals surface area contributed by atoms with Crippen molar-refractivity contribution in [1.82, 2.24) is 9.55 Å². The summed E-state index contributed by atoms with van der Waals surface area (Å²) < 4.78 is 8.25. The smallest absolute Gasteiger partial charge is 0.206 e. The lowest BCUT2D eigenvalue weighted by molar-refractivity contribution is 0.413. The van der Waals surface area contributed by atoms with Crippen LogP contribution in [0, 0.1) is 0 Å². The van der Waals surface area contributed by atoms with Gasteiger partial charge < -0.3 is 10.5 Å². The van der Waals surface area contributed by atoms with Gasteiger partial charge in [0.2, 0.25) is 5.95 Å². The second-order valence-electron chi connectivity index (χ2n) is 4.11. The van der Waals surface area contributed by atoms with Crippen LogP contribution in [0.5, 0.6) is 5.75 Å². The van der Waals surface area contributed by atoms with Crippen LogP contribution in [-0.2, 0) is 0 Å². The minimum atomic E-state index is 0.442. The summed E-state index contributed by atoms with van der Waals surface area (Å²) in [5.74, 6) is 1.20. The topological polar surface area (TPSA) is 53.1 Å². The molecule has 0 aliphatic rings. The molecule has 0 amide bonds. The second-order valence-corrected chi connectivity index (χ2v) is 5.03. The molecule has 3 aromatic rings. The number of halogens is 1. The van der Waals surface area contributed by atoms with Crippen molar-refractivity contribution >= 4 is 32.9 Å². The Kier molecular flexibility index (Phi) is 2.91. The van der Waals surface area contributed by atoms with Gasteiger partial charge in [0.15, 0.2) is 0 Å². The molecule has 0 aliphatic heterocycles. The van der Waals surface area contributed by atoms with E-state index in [1.165, 1.54) is 0 Å². The number of anilines is 1. The number of imidazole rings is 1. The number of rotatable bonds is 2. The van der Waals surface area contributed by atoms with Crippen molar-refractivity contribution < 1.29 is 4.74 Å². The first-order valence-electron chi connectivity index (χ1n) is 5.77. The molecule has 1 heterocycles. The zero-order valence-corrected chi connectivity index (χ0v) is 11.9. The number of aromatic nitrogens is 2. The number of nitrogens with zero attached hydrogens (tertiary/aromatic N) is 2. The zero-order chi connectivity index (χ0) is 13.4. The Morgan fingerprint density at radius 3 is 2.79 bits per heavy atom. The van der Waals surface area contributed by atoms with E-state index in [-0.39, 0.29) is 0 Å². The Morgan fingerprint density at radius 2 is 2.00 bits per heavy atom. The number of para-hydroxylation sites is 2. The highest BCUT2D eigenvalue weighted by Gasteiger charge is 2.13. The number of fused-ring (bicyclic) bond motifs is 1. The lowest BCUT2D eigenvalue weighted by Crippen LogP contribution is -2.02. The minimum Gasteiger partial charge on any atom is -0.495 e. The highest BCUT2D eigenvalue weighted by Crippen LogP contribution is 2.30. The normalized spacial score (nSPS) is 10.8. The summed E-state index contributed by atoms with van der Waals surface area (Å²) in [6.07, 6.45) is 0. The highest BCUT2D eigenvalue weighted by molar-refractivity contribution is 9.10. The summed E-state index contributed by atoms with van der Waals surface area (Å²) in [4.78, 5) is 4.38. The average molecular weight is 318 g/mol. The number of hydrogen-bond donors (Lipinski definition) is 1. The molecule has 0 saturated heterocycles. The van der Waals surface area contributed by atoms with Gasteiger partial charge in [-0.1, -0.05) is 28.1 Å². The van der Waals surface area contributed by atoms with E-state index in [9.17, 15) is 0 Å². The molecular weight excluding hydrogens is 306 g/mol. The van der Waals surface area contributed by atoms with E-state index in [0.717, 1.165) is 26.9 Å². The van der Waals surface area contributed by atoms with E-state index >= 15 is 0 Å². The third-order valence-corrected chi connectivity index (χ3v) is 3.46. The zero-order valence-electron chi connectivity index (χ0n) is 10.3.